The van der Waals surface area contributed by atoms with Gasteiger partial charge in [0, 0.05) is 32.1 Å². The standard InChI is InChI=1S/C13H19N3O/c1-2-12(17-10-11-3-4-11)9-16(7-1)13-8-14-5-6-15-13/h5-6,8,11-12H,1-4,7,9-10H2. The van der Waals surface area contributed by atoms with Crippen LogP contribution in [0.25, 0.3) is 0 Å². The van der Waals surface area contributed by atoms with E-state index in [1.165, 1.54) is 25.7 Å². The molecule has 4 heteroatoms. The summed E-state index contributed by atoms with van der Waals surface area (Å²) in [6.45, 7) is 2.99. The van der Waals surface area contributed by atoms with Gasteiger partial charge in [0.1, 0.15) is 5.82 Å². The van der Waals surface area contributed by atoms with Crippen LogP contribution < -0.4 is 4.90 Å². The van der Waals surface area contributed by atoms with Gasteiger partial charge in [0.05, 0.1) is 12.3 Å². The Bertz CT molecular complexity index is 353. The van der Waals surface area contributed by atoms with Crippen LogP contribution in [0.4, 0.5) is 5.82 Å². The molecule has 1 aromatic rings. The zero-order valence-electron chi connectivity index (χ0n) is 10.1. The maximum Gasteiger partial charge on any atom is 0.147 e. The van der Waals surface area contributed by atoms with Crippen molar-refractivity contribution >= 4 is 5.82 Å². The first-order chi connectivity index (χ1) is 8.42. The van der Waals surface area contributed by atoms with Crippen molar-refractivity contribution in [3.63, 3.8) is 0 Å². The third-order valence-electron chi connectivity index (χ3n) is 3.52. The molecule has 1 aromatic heterocycles. The number of piperidine rings is 1. The summed E-state index contributed by atoms with van der Waals surface area (Å²) in [6, 6.07) is 0. The zero-order valence-corrected chi connectivity index (χ0v) is 10.1. The van der Waals surface area contributed by atoms with Crippen LogP contribution >= 0.6 is 0 Å². The maximum absolute atomic E-state index is 5.97. The molecule has 17 heavy (non-hydrogen) atoms. The van der Waals surface area contributed by atoms with Gasteiger partial charge in [0.2, 0.25) is 0 Å². The smallest absolute Gasteiger partial charge is 0.147 e. The molecule has 1 aliphatic heterocycles. The van der Waals surface area contributed by atoms with Gasteiger partial charge in [0.25, 0.3) is 0 Å². The summed E-state index contributed by atoms with van der Waals surface area (Å²) < 4.78 is 5.97. The van der Waals surface area contributed by atoms with E-state index in [0.29, 0.717) is 6.10 Å². The first-order valence-electron chi connectivity index (χ1n) is 6.54. The highest BCUT2D eigenvalue weighted by atomic mass is 16.5. The number of rotatable bonds is 4. The van der Waals surface area contributed by atoms with Gasteiger partial charge in [0.15, 0.2) is 0 Å². The quantitative estimate of drug-likeness (QED) is 0.795. The highest BCUT2D eigenvalue weighted by Gasteiger charge is 2.26. The van der Waals surface area contributed by atoms with E-state index >= 15 is 0 Å². The van der Waals surface area contributed by atoms with Crippen molar-refractivity contribution in [3.8, 4) is 0 Å². The average Bonchev–Trinajstić information content (AvgIpc) is 3.22. The van der Waals surface area contributed by atoms with E-state index in [9.17, 15) is 0 Å². The van der Waals surface area contributed by atoms with Crippen LogP contribution in [0, 0.1) is 5.92 Å². The van der Waals surface area contributed by atoms with Gasteiger partial charge < -0.3 is 9.64 Å². The average molecular weight is 233 g/mol. The second-order valence-corrected chi connectivity index (χ2v) is 5.05. The number of hydrogen-bond donors (Lipinski definition) is 0. The van der Waals surface area contributed by atoms with Gasteiger partial charge in [-0.2, -0.15) is 0 Å². The highest BCUT2D eigenvalue weighted by molar-refractivity contribution is 5.35. The van der Waals surface area contributed by atoms with Crippen molar-refractivity contribution in [3.05, 3.63) is 18.6 Å². The van der Waals surface area contributed by atoms with Crippen LogP contribution in [0.15, 0.2) is 18.6 Å². The third-order valence-corrected chi connectivity index (χ3v) is 3.52. The summed E-state index contributed by atoms with van der Waals surface area (Å²) in [5.74, 6) is 1.83. The van der Waals surface area contributed by atoms with Gasteiger partial charge in [-0.1, -0.05) is 0 Å². The lowest BCUT2D eigenvalue weighted by atomic mass is 10.1. The summed E-state index contributed by atoms with van der Waals surface area (Å²) in [5.41, 5.74) is 0. The van der Waals surface area contributed by atoms with Crippen LogP contribution in [0.1, 0.15) is 25.7 Å². The lowest BCUT2D eigenvalue weighted by Crippen LogP contribution is -2.40. The van der Waals surface area contributed by atoms with E-state index in [0.717, 1.165) is 31.4 Å². The molecule has 0 amide bonds. The van der Waals surface area contributed by atoms with Crippen molar-refractivity contribution < 1.29 is 4.74 Å². The summed E-state index contributed by atoms with van der Waals surface area (Å²) in [6.07, 6.45) is 10.8. The topological polar surface area (TPSA) is 38.2 Å². The van der Waals surface area contributed by atoms with E-state index in [1.54, 1.807) is 12.4 Å². The van der Waals surface area contributed by atoms with Crippen molar-refractivity contribution in [2.45, 2.75) is 31.8 Å². The molecule has 0 spiro atoms. The summed E-state index contributed by atoms with van der Waals surface area (Å²) in [7, 11) is 0. The van der Waals surface area contributed by atoms with E-state index in [-0.39, 0.29) is 0 Å². The molecule has 1 atom stereocenters. The van der Waals surface area contributed by atoms with Crippen LogP contribution in [-0.4, -0.2) is 35.8 Å². The normalized spacial score (nSPS) is 24.9. The number of hydrogen-bond acceptors (Lipinski definition) is 4. The second kappa shape index (κ2) is 5.00. The molecule has 2 heterocycles. The van der Waals surface area contributed by atoms with E-state index in [4.69, 9.17) is 4.74 Å². The lowest BCUT2D eigenvalue weighted by Gasteiger charge is -2.33. The van der Waals surface area contributed by atoms with Gasteiger partial charge in [-0.25, -0.2) is 4.98 Å². The van der Waals surface area contributed by atoms with Gasteiger partial charge in [-0.05, 0) is 31.6 Å². The molecule has 1 saturated carbocycles. The third kappa shape index (κ3) is 2.94. The molecule has 4 nitrogen and oxygen atoms in total. The Labute approximate surface area is 102 Å². The summed E-state index contributed by atoms with van der Waals surface area (Å²) in [5, 5.41) is 0. The maximum atomic E-state index is 5.97. The molecule has 0 aromatic carbocycles. The first-order valence-corrected chi connectivity index (χ1v) is 6.54. The van der Waals surface area contributed by atoms with Crippen LogP contribution in [0.5, 0.6) is 0 Å². The molecular weight excluding hydrogens is 214 g/mol. The fraction of sp³-hybridized carbons (Fsp3) is 0.692. The summed E-state index contributed by atoms with van der Waals surface area (Å²) >= 11 is 0. The minimum absolute atomic E-state index is 0.381. The van der Waals surface area contributed by atoms with Gasteiger partial charge >= 0.3 is 0 Å². The minimum Gasteiger partial charge on any atom is -0.376 e. The molecule has 1 saturated heterocycles. The Balaban J connectivity index is 1.55. The molecule has 0 radical (unpaired) electrons. The molecule has 2 aliphatic rings. The van der Waals surface area contributed by atoms with Crippen molar-refractivity contribution in [1.29, 1.82) is 0 Å². The predicted octanol–water partition coefficient (Wildman–Crippen LogP) is 1.87. The Hall–Kier alpha value is -1.16. The van der Waals surface area contributed by atoms with Crippen molar-refractivity contribution in [1.82, 2.24) is 9.97 Å². The number of ether oxygens (including phenoxy) is 1. The van der Waals surface area contributed by atoms with E-state index in [2.05, 4.69) is 14.9 Å². The molecule has 0 N–H and O–H groups in total. The van der Waals surface area contributed by atoms with Crippen molar-refractivity contribution in [2.75, 3.05) is 24.6 Å². The molecule has 1 unspecified atom stereocenters. The Morgan fingerprint density at radius 3 is 3.00 bits per heavy atom. The first kappa shape index (κ1) is 11.0. The largest absolute Gasteiger partial charge is 0.376 e. The van der Waals surface area contributed by atoms with Crippen LogP contribution in [0.2, 0.25) is 0 Å². The predicted molar refractivity (Wildman–Crippen MR) is 65.9 cm³/mol. The SMILES string of the molecule is c1cnc(N2CCCC(OCC3CC3)C2)cn1. The number of aromatic nitrogens is 2. The van der Waals surface area contributed by atoms with Crippen molar-refractivity contribution in [2.24, 2.45) is 5.92 Å². The monoisotopic (exact) mass is 233 g/mol. The fourth-order valence-corrected chi connectivity index (χ4v) is 2.29. The second-order valence-electron chi connectivity index (χ2n) is 5.05. The molecule has 0 bridgehead atoms. The Morgan fingerprint density at radius 2 is 2.24 bits per heavy atom. The van der Waals surface area contributed by atoms with E-state index < -0.39 is 0 Å². The molecule has 1 aliphatic carbocycles. The Morgan fingerprint density at radius 1 is 1.29 bits per heavy atom. The summed E-state index contributed by atoms with van der Waals surface area (Å²) in [4.78, 5) is 10.8. The fourth-order valence-electron chi connectivity index (χ4n) is 2.29. The lowest BCUT2D eigenvalue weighted by molar-refractivity contribution is 0.0367. The molecule has 3 rings (SSSR count). The highest BCUT2D eigenvalue weighted by Crippen LogP contribution is 2.30. The Kier molecular flexibility index (Phi) is 3.22. The van der Waals surface area contributed by atoms with Crippen LogP contribution in [-0.2, 0) is 4.74 Å². The minimum atomic E-state index is 0.381. The molecule has 92 valence electrons. The van der Waals surface area contributed by atoms with E-state index in [1.807, 2.05) is 6.20 Å². The van der Waals surface area contributed by atoms with Gasteiger partial charge in [-0.15, -0.1) is 0 Å². The van der Waals surface area contributed by atoms with Crippen LogP contribution in [0.3, 0.4) is 0 Å². The number of anilines is 1. The molecule has 2 fully saturated rings. The number of nitrogens with zero attached hydrogens (tertiary/aromatic N) is 3. The zero-order chi connectivity index (χ0) is 11.5. The van der Waals surface area contributed by atoms with Gasteiger partial charge in [-0.3, -0.25) is 4.98 Å². The molecular formula is C13H19N3O.